The summed E-state index contributed by atoms with van der Waals surface area (Å²) in [7, 11) is 0. The third-order valence-electron chi connectivity index (χ3n) is 3.42. The van der Waals surface area contributed by atoms with Crippen molar-refractivity contribution in [2.24, 2.45) is 5.92 Å². The lowest BCUT2D eigenvalue weighted by Gasteiger charge is -2.18. The van der Waals surface area contributed by atoms with Gasteiger partial charge in [0.05, 0.1) is 24.8 Å². The number of benzene rings is 1. The van der Waals surface area contributed by atoms with Gasteiger partial charge in [-0.25, -0.2) is 9.59 Å². The van der Waals surface area contributed by atoms with E-state index >= 15 is 0 Å². The fraction of sp³-hybridized carbons (Fsp3) is 0.556. The van der Waals surface area contributed by atoms with Gasteiger partial charge in [0.2, 0.25) is 0 Å². The number of ether oxygens (including phenoxy) is 1. The number of nitrogens with one attached hydrogen (secondary N) is 2. The van der Waals surface area contributed by atoms with Gasteiger partial charge in [-0.05, 0) is 43.0 Å². The lowest BCUT2D eigenvalue weighted by molar-refractivity contribution is 0.0500. The number of carbonyl (C=O) groups is 2. The summed E-state index contributed by atoms with van der Waals surface area (Å²) in [5, 5.41) is 14.7. The number of anilines is 1. The molecular weight excluding hydrogens is 308 g/mol. The summed E-state index contributed by atoms with van der Waals surface area (Å²) in [4.78, 5) is 23.7. The first kappa shape index (κ1) is 20.0. The molecule has 0 radical (unpaired) electrons. The second-order valence-corrected chi connectivity index (χ2v) is 6.17. The van der Waals surface area contributed by atoms with E-state index in [1.54, 1.807) is 24.3 Å². The molecule has 1 rings (SSSR count). The van der Waals surface area contributed by atoms with Crippen molar-refractivity contribution in [2.75, 3.05) is 18.5 Å². The smallest absolute Gasteiger partial charge is 0.338 e. The Bertz CT molecular complexity index is 514. The molecule has 1 aromatic carbocycles. The second kappa shape index (κ2) is 10.6. The van der Waals surface area contributed by atoms with Gasteiger partial charge in [-0.3, -0.25) is 0 Å². The number of carbonyl (C=O) groups excluding carboxylic acids is 2. The first-order chi connectivity index (χ1) is 11.5. The summed E-state index contributed by atoms with van der Waals surface area (Å²) >= 11 is 0. The number of hydrogen-bond donors (Lipinski definition) is 3. The highest BCUT2D eigenvalue weighted by Gasteiger charge is 2.13. The van der Waals surface area contributed by atoms with Crippen molar-refractivity contribution in [1.82, 2.24) is 5.32 Å². The number of rotatable bonds is 9. The van der Waals surface area contributed by atoms with Crippen molar-refractivity contribution in [3.63, 3.8) is 0 Å². The predicted molar refractivity (Wildman–Crippen MR) is 94.1 cm³/mol. The molecule has 0 bridgehead atoms. The second-order valence-electron chi connectivity index (χ2n) is 6.17. The molecule has 0 spiro atoms. The van der Waals surface area contributed by atoms with Gasteiger partial charge < -0.3 is 20.5 Å². The van der Waals surface area contributed by atoms with E-state index in [1.165, 1.54) is 0 Å². The van der Waals surface area contributed by atoms with Gasteiger partial charge in [0, 0.05) is 5.69 Å². The molecule has 1 atom stereocenters. The van der Waals surface area contributed by atoms with E-state index in [-0.39, 0.29) is 24.6 Å². The van der Waals surface area contributed by atoms with E-state index in [4.69, 9.17) is 4.74 Å². The standard InChI is InChI=1S/C18H28N2O4/c1-4-5-10-24-17(22)14-6-8-15(9-7-14)19-18(23)20-16(12-21)11-13(2)3/h6-9,13,16,21H,4-5,10-12H2,1-3H3,(H2,19,20,23). The number of amides is 2. The van der Waals surface area contributed by atoms with Crippen molar-refractivity contribution in [3.05, 3.63) is 29.8 Å². The molecular formula is C18H28N2O4. The van der Waals surface area contributed by atoms with Gasteiger partial charge in [0.1, 0.15) is 0 Å². The molecule has 134 valence electrons. The van der Waals surface area contributed by atoms with E-state index in [1.807, 2.05) is 20.8 Å². The quantitative estimate of drug-likeness (QED) is 0.477. The summed E-state index contributed by atoms with van der Waals surface area (Å²) in [6.07, 6.45) is 2.51. The zero-order valence-corrected chi connectivity index (χ0v) is 14.7. The highest BCUT2D eigenvalue weighted by Crippen LogP contribution is 2.11. The molecule has 1 aromatic rings. The molecule has 3 N–H and O–H groups in total. The molecule has 6 nitrogen and oxygen atoms in total. The van der Waals surface area contributed by atoms with Crippen molar-refractivity contribution in [2.45, 2.75) is 46.1 Å². The number of aliphatic hydroxyl groups is 1. The van der Waals surface area contributed by atoms with Crippen LogP contribution < -0.4 is 10.6 Å². The van der Waals surface area contributed by atoms with Crippen LogP contribution in [0.15, 0.2) is 24.3 Å². The maximum Gasteiger partial charge on any atom is 0.338 e. The molecule has 2 amide bonds. The van der Waals surface area contributed by atoms with Crippen LogP contribution in [0, 0.1) is 5.92 Å². The minimum absolute atomic E-state index is 0.103. The van der Waals surface area contributed by atoms with Gasteiger partial charge in [-0.15, -0.1) is 0 Å². The van der Waals surface area contributed by atoms with Crippen molar-refractivity contribution >= 4 is 17.7 Å². The van der Waals surface area contributed by atoms with Crippen molar-refractivity contribution in [1.29, 1.82) is 0 Å². The van der Waals surface area contributed by atoms with Gasteiger partial charge in [-0.1, -0.05) is 27.2 Å². The van der Waals surface area contributed by atoms with Crippen LogP contribution in [0.4, 0.5) is 10.5 Å². The molecule has 0 aromatic heterocycles. The molecule has 0 aliphatic heterocycles. The van der Waals surface area contributed by atoms with E-state index in [0.717, 1.165) is 12.8 Å². The Hall–Kier alpha value is -2.08. The maximum absolute atomic E-state index is 11.9. The molecule has 0 saturated heterocycles. The fourth-order valence-electron chi connectivity index (χ4n) is 2.18. The fourth-order valence-corrected chi connectivity index (χ4v) is 2.18. The molecule has 0 aliphatic rings. The molecule has 0 aliphatic carbocycles. The zero-order chi connectivity index (χ0) is 17.9. The lowest BCUT2D eigenvalue weighted by Crippen LogP contribution is -2.40. The van der Waals surface area contributed by atoms with Crippen molar-refractivity contribution < 1.29 is 19.4 Å². The van der Waals surface area contributed by atoms with E-state index in [9.17, 15) is 14.7 Å². The van der Waals surface area contributed by atoms with Gasteiger partial charge in [-0.2, -0.15) is 0 Å². The molecule has 6 heteroatoms. The Morgan fingerprint density at radius 2 is 1.88 bits per heavy atom. The minimum Gasteiger partial charge on any atom is -0.462 e. The highest BCUT2D eigenvalue weighted by molar-refractivity contribution is 5.92. The zero-order valence-electron chi connectivity index (χ0n) is 14.7. The Balaban J connectivity index is 2.51. The van der Waals surface area contributed by atoms with Crippen LogP contribution in [0.25, 0.3) is 0 Å². The van der Waals surface area contributed by atoms with E-state index in [2.05, 4.69) is 10.6 Å². The van der Waals surface area contributed by atoms with E-state index in [0.29, 0.717) is 30.2 Å². The number of hydrogen-bond acceptors (Lipinski definition) is 4. The van der Waals surface area contributed by atoms with Crippen LogP contribution in [0.5, 0.6) is 0 Å². The van der Waals surface area contributed by atoms with Crippen LogP contribution in [-0.4, -0.2) is 36.4 Å². The van der Waals surface area contributed by atoms with E-state index < -0.39 is 0 Å². The van der Waals surface area contributed by atoms with Crippen LogP contribution >= 0.6 is 0 Å². The molecule has 1 unspecified atom stereocenters. The third-order valence-corrected chi connectivity index (χ3v) is 3.42. The average Bonchev–Trinajstić information content (AvgIpc) is 2.54. The molecule has 0 fully saturated rings. The number of unbranched alkanes of at least 4 members (excludes halogenated alkanes) is 1. The first-order valence-electron chi connectivity index (χ1n) is 8.41. The Morgan fingerprint density at radius 3 is 2.42 bits per heavy atom. The van der Waals surface area contributed by atoms with Crippen LogP contribution in [0.3, 0.4) is 0 Å². The maximum atomic E-state index is 11.9. The number of esters is 1. The van der Waals surface area contributed by atoms with Gasteiger partial charge in [0.25, 0.3) is 0 Å². The van der Waals surface area contributed by atoms with Gasteiger partial charge >= 0.3 is 12.0 Å². The molecule has 24 heavy (non-hydrogen) atoms. The summed E-state index contributed by atoms with van der Waals surface area (Å²) in [6, 6.07) is 5.85. The third kappa shape index (κ3) is 7.46. The SMILES string of the molecule is CCCCOC(=O)c1ccc(NC(=O)NC(CO)CC(C)C)cc1. The predicted octanol–water partition coefficient (Wildman–Crippen LogP) is 3.17. The summed E-state index contributed by atoms with van der Waals surface area (Å²) in [5.74, 6) is 0.0113. The Kier molecular flexibility index (Phi) is 8.86. The Labute approximate surface area is 143 Å². The van der Waals surface area contributed by atoms with Crippen LogP contribution in [0.1, 0.15) is 50.4 Å². The molecule has 0 saturated carbocycles. The topological polar surface area (TPSA) is 87.7 Å². The van der Waals surface area contributed by atoms with Crippen molar-refractivity contribution in [3.8, 4) is 0 Å². The van der Waals surface area contributed by atoms with Crippen LogP contribution in [-0.2, 0) is 4.74 Å². The molecule has 0 heterocycles. The summed E-state index contributed by atoms with van der Waals surface area (Å²) < 4.78 is 5.13. The highest BCUT2D eigenvalue weighted by atomic mass is 16.5. The average molecular weight is 336 g/mol. The van der Waals surface area contributed by atoms with Crippen LogP contribution in [0.2, 0.25) is 0 Å². The Morgan fingerprint density at radius 1 is 1.21 bits per heavy atom. The number of aliphatic hydroxyl groups excluding tert-OH is 1. The summed E-state index contributed by atoms with van der Waals surface area (Å²) in [6.45, 7) is 6.40. The van der Waals surface area contributed by atoms with Gasteiger partial charge in [0.15, 0.2) is 0 Å². The summed E-state index contributed by atoms with van der Waals surface area (Å²) in [5.41, 5.74) is 1.02. The normalized spacial score (nSPS) is 11.9. The monoisotopic (exact) mass is 336 g/mol. The first-order valence-corrected chi connectivity index (χ1v) is 8.41. The minimum atomic E-state index is -0.382. The largest absolute Gasteiger partial charge is 0.462 e. The number of urea groups is 1. The lowest BCUT2D eigenvalue weighted by atomic mass is 10.0.